The maximum Gasteiger partial charge on any atom is 2.00 e. The third kappa shape index (κ3) is 32.1. The Bertz CT molecular complexity index is 86.7. The summed E-state index contributed by atoms with van der Waals surface area (Å²) in [4.78, 5) is 2.08. The first-order chi connectivity index (χ1) is 5.35. The van der Waals surface area contributed by atoms with Crippen LogP contribution in [0.2, 0.25) is 0 Å². The number of nitrogens with zero attached hydrogens (tertiary/aromatic N) is 1. The monoisotopic (exact) mass is 659 g/mol. The van der Waals surface area contributed by atoms with Crippen LogP contribution in [0.4, 0.5) is 0 Å². The summed E-state index contributed by atoms with van der Waals surface area (Å²) in [6, 6.07) is 0. The van der Waals surface area contributed by atoms with Gasteiger partial charge in [-0.15, -0.1) is 19.6 Å². The molecule has 0 aromatic carbocycles. The largest absolute Gasteiger partial charge is 2.00 e. The number of hydrogen-bond acceptors (Lipinski definition) is 1. The molecule has 1 radical (unpaired) electrons. The van der Waals surface area contributed by atoms with Crippen LogP contribution in [-0.2, 0) is 74.8 Å². The number of rotatable bonds is 7. The molecule has 17 heavy (non-hydrogen) atoms. The van der Waals surface area contributed by atoms with Crippen molar-refractivity contribution in [1.29, 1.82) is 0 Å². The van der Waals surface area contributed by atoms with Gasteiger partial charge in [-0.25, -0.2) is 0 Å². The van der Waals surface area contributed by atoms with E-state index >= 15 is 0 Å². The predicted octanol–water partition coefficient (Wildman–Crippen LogP) is 3.18. The first-order valence-corrected chi connectivity index (χ1v) is 4.01. The fourth-order valence-corrected chi connectivity index (χ4v) is 0.954. The predicted molar refractivity (Wildman–Crippen MR) is 67.9 cm³/mol. The average Bonchev–Trinajstić information content (AvgIpc) is 2.01. The molecule has 0 bridgehead atoms. The molecule has 0 aromatic rings. The fraction of sp³-hybridized carbons (Fsp3) is 0.700. The van der Waals surface area contributed by atoms with Crippen LogP contribution in [0.15, 0.2) is 0 Å². The molecule has 7 heteroatoms. The van der Waals surface area contributed by atoms with Gasteiger partial charge in [0.2, 0.25) is 0 Å². The molecule has 0 fully saturated rings. The summed E-state index contributed by atoms with van der Waals surface area (Å²) in [6.07, 6.45) is 0.861. The molecule has 0 aromatic heterocycles. The Labute approximate surface area is 163 Å². The van der Waals surface area contributed by atoms with Gasteiger partial charge in [0.25, 0.3) is 0 Å². The van der Waals surface area contributed by atoms with Crippen molar-refractivity contribution >= 4 is 0 Å². The van der Waals surface area contributed by atoms with E-state index in [1.807, 2.05) is 0 Å². The molecule has 3 N–H and O–H groups in total. The van der Waals surface area contributed by atoms with Gasteiger partial charge in [-0.1, -0.05) is 6.42 Å². The topological polar surface area (TPSA) is 74.6 Å². The summed E-state index contributed by atoms with van der Waals surface area (Å²) in [6.45, 7) is 3.63. The molecule has 0 rings (SSSR count). The summed E-state index contributed by atoms with van der Waals surface area (Å²) in [5, 5.41) is 0. The van der Waals surface area contributed by atoms with Crippen LogP contribution in [0.1, 0.15) is 6.42 Å². The Morgan fingerprint density at radius 1 is 0.647 bits per heavy atom. The summed E-state index contributed by atoms with van der Waals surface area (Å²) in [5.74, 6) is 0. The zero-order chi connectivity index (χ0) is 8.53. The molecular weight excluding hydrogens is 633 g/mol. The molecule has 0 amide bonds. The van der Waals surface area contributed by atoms with E-state index in [4.69, 9.17) is 17.2 Å². The summed E-state index contributed by atoms with van der Waals surface area (Å²) < 4.78 is 0. The van der Waals surface area contributed by atoms with Crippen LogP contribution >= 0.6 is 0 Å². The van der Waals surface area contributed by atoms with E-state index in [0.29, 0.717) is 19.6 Å². The zero-order valence-corrected chi connectivity index (χ0v) is 20.0. The van der Waals surface area contributed by atoms with E-state index in [0.717, 1.165) is 26.1 Å². The van der Waals surface area contributed by atoms with Crippen LogP contribution in [0.25, 0.3) is 17.2 Å². The van der Waals surface area contributed by atoms with Gasteiger partial charge < -0.3 is 44.4 Å². The molecule has 0 heterocycles. The van der Waals surface area contributed by atoms with Crippen LogP contribution in [0.3, 0.4) is 0 Å². The van der Waals surface area contributed by atoms with E-state index in [1.165, 1.54) is 0 Å². The Balaban J connectivity index is -0.0000000333. The first kappa shape index (κ1) is 42.7. The summed E-state index contributed by atoms with van der Waals surface area (Å²) in [7, 11) is 0. The first-order valence-electron chi connectivity index (χ1n) is 4.01. The van der Waals surface area contributed by atoms with Crippen molar-refractivity contribution in [2.45, 2.75) is 6.42 Å². The van der Waals surface area contributed by atoms with Gasteiger partial charge in [0.15, 0.2) is 0 Å². The second-order valence-corrected chi connectivity index (χ2v) is 2.45. The average molecular weight is 659 g/mol. The van der Waals surface area contributed by atoms with Crippen molar-refractivity contribution in [2.24, 2.45) is 0 Å². The second kappa shape index (κ2) is 36.2. The minimum atomic E-state index is 0. The molecular formula is C10H26N4W2Y-2. The van der Waals surface area contributed by atoms with Gasteiger partial charge in [0.1, 0.15) is 0 Å². The molecule has 0 saturated heterocycles. The van der Waals surface area contributed by atoms with Crippen molar-refractivity contribution in [3.8, 4) is 0 Å². The Morgan fingerprint density at radius 2 is 1.00 bits per heavy atom. The summed E-state index contributed by atoms with van der Waals surface area (Å²) in [5.41, 5.74) is 20.9. The van der Waals surface area contributed by atoms with Crippen molar-refractivity contribution in [1.82, 2.24) is 4.90 Å². The molecule has 0 aliphatic rings. The van der Waals surface area contributed by atoms with Crippen molar-refractivity contribution in [2.75, 3.05) is 39.3 Å². The smallest absolute Gasteiger partial charge is 0.677 e. The molecule has 0 atom stereocenters. The van der Waals surface area contributed by atoms with E-state index in [9.17, 15) is 0 Å². The Morgan fingerprint density at radius 3 is 1.24 bits per heavy atom. The maximum absolute atomic E-state index is 7.00. The van der Waals surface area contributed by atoms with E-state index < -0.39 is 0 Å². The second-order valence-electron chi connectivity index (χ2n) is 2.45. The van der Waals surface area contributed by atoms with Gasteiger partial charge in [-0.3, -0.25) is 0 Å². The van der Waals surface area contributed by atoms with Crippen LogP contribution in [0.5, 0.6) is 0 Å². The van der Waals surface area contributed by atoms with Gasteiger partial charge >= 0.3 is 42.1 Å². The maximum atomic E-state index is 7.00. The Kier molecular flexibility index (Phi) is 91.0. The Hall–Kier alpha value is 2.32. The molecule has 0 aliphatic heterocycles. The normalized spacial score (nSPS) is 7.06. The minimum absolute atomic E-state index is 0. The van der Waals surface area contributed by atoms with Crippen molar-refractivity contribution < 1.29 is 74.8 Å². The number of hydrogen-bond donors (Lipinski definition) is 0. The third-order valence-corrected chi connectivity index (χ3v) is 1.51. The van der Waals surface area contributed by atoms with Gasteiger partial charge in [-0.2, -0.15) is 0 Å². The zero-order valence-electron chi connectivity index (χ0n) is 11.3. The van der Waals surface area contributed by atoms with Gasteiger partial charge in [0.05, 0.1) is 0 Å². The van der Waals surface area contributed by atoms with Gasteiger partial charge in [-0.05, 0) is 19.6 Å². The molecule has 0 unspecified atom stereocenters. The van der Waals surface area contributed by atoms with Crippen LogP contribution in [0, 0.1) is 22.3 Å². The van der Waals surface area contributed by atoms with E-state index in [-0.39, 0.29) is 97.1 Å². The quantitative estimate of drug-likeness (QED) is 0.388. The molecule has 0 spiro atoms. The summed E-state index contributed by atoms with van der Waals surface area (Å²) >= 11 is 0. The SMILES string of the molecule is [CH3-].[CH3-].[CH3-].[NH-]CCCN(CC[NH-])CC[NH-].[W+2].[W+2].[Y]. The number of nitrogens with one attached hydrogen (secondary N) is 3. The van der Waals surface area contributed by atoms with E-state index in [1.54, 1.807) is 0 Å². The molecule has 0 saturated carbocycles. The van der Waals surface area contributed by atoms with Gasteiger partial charge in [0, 0.05) is 32.7 Å². The van der Waals surface area contributed by atoms with E-state index in [2.05, 4.69) is 4.90 Å². The van der Waals surface area contributed by atoms with Crippen molar-refractivity contribution in [3.63, 3.8) is 0 Å². The molecule has 4 nitrogen and oxygen atoms in total. The standard InChI is InChI=1S/C7H17N4.3CH3.2W.Y/c8-2-1-5-11(6-3-9)7-4-10;;;;;;/h8-10H,1-7H2;3*1H3;;;/q-3;3*-1;2*+2;. The third-order valence-electron chi connectivity index (χ3n) is 1.51. The molecule has 0 aliphatic carbocycles. The van der Waals surface area contributed by atoms with Crippen molar-refractivity contribution in [3.05, 3.63) is 39.5 Å². The fourth-order valence-electron chi connectivity index (χ4n) is 0.954. The van der Waals surface area contributed by atoms with Crippen LogP contribution < -0.4 is 0 Å². The molecule has 103 valence electrons. The van der Waals surface area contributed by atoms with Crippen LogP contribution in [-0.4, -0.2) is 44.2 Å². The minimum Gasteiger partial charge on any atom is -0.677 e.